The highest BCUT2D eigenvalue weighted by atomic mass is 32.2. The molecule has 2 nitrogen and oxygen atoms in total. The van der Waals surface area contributed by atoms with Crippen molar-refractivity contribution in [2.45, 2.75) is 29.7 Å². The smallest absolute Gasteiger partial charge is 0.101 e. The molecule has 21 heavy (non-hydrogen) atoms. The summed E-state index contributed by atoms with van der Waals surface area (Å²) in [5, 5.41) is 2.08. The molecule has 0 aliphatic rings. The van der Waals surface area contributed by atoms with Crippen LogP contribution in [0.1, 0.15) is 25.3 Å². The molecule has 0 atom stereocenters. The molecule has 1 heterocycles. The fourth-order valence-corrected chi connectivity index (χ4v) is 3.02. The summed E-state index contributed by atoms with van der Waals surface area (Å²) in [4.78, 5) is 5.89. The number of fused-ring (bicyclic) bond motifs is 1. The molecule has 2 N–H and O–H groups in total. The van der Waals surface area contributed by atoms with Gasteiger partial charge in [-0.3, -0.25) is 0 Å². The van der Waals surface area contributed by atoms with E-state index in [0.717, 1.165) is 21.6 Å². The van der Waals surface area contributed by atoms with Crippen LogP contribution in [0.15, 0.2) is 64.5 Å². The molecule has 2 aromatic carbocycles. The van der Waals surface area contributed by atoms with Crippen LogP contribution in [-0.2, 0) is 0 Å². The van der Waals surface area contributed by atoms with Crippen LogP contribution in [0.3, 0.4) is 0 Å². The number of anilines is 1. The number of rotatable bonds is 3. The van der Waals surface area contributed by atoms with Crippen molar-refractivity contribution in [1.82, 2.24) is 4.98 Å². The SMILES string of the molecule is CC(C)c1ccc(Sc2ccc3cc(N)ccc3n2)cc1. The van der Waals surface area contributed by atoms with Crippen LogP contribution < -0.4 is 5.73 Å². The summed E-state index contributed by atoms with van der Waals surface area (Å²) in [6.07, 6.45) is 0. The average molecular weight is 294 g/mol. The van der Waals surface area contributed by atoms with Crippen LogP contribution in [0.5, 0.6) is 0 Å². The molecule has 1 aromatic heterocycles. The van der Waals surface area contributed by atoms with Crippen molar-refractivity contribution >= 4 is 28.4 Å². The van der Waals surface area contributed by atoms with E-state index >= 15 is 0 Å². The van der Waals surface area contributed by atoms with E-state index in [4.69, 9.17) is 5.73 Å². The largest absolute Gasteiger partial charge is 0.399 e. The zero-order valence-electron chi connectivity index (χ0n) is 12.2. The first-order valence-electron chi connectivity index (χ1n) is 7.06. The Labute approximate surface area is 129 Å². The van der Waals surface area contributed by atoms with Gasteiger partial charge < -0.3 is 5.73 Å². The predicted octanol–water partition coefficient (Wildman–Crippen LogP) is 5.09. The Bertz CT molecular complexity index is 764. The Hall–Kier alpha value is -2.00. The van der Waals surface area contributed by atoms with Gasteiger partial charge in [-0.15, -0.1) is 0 Å². The van der Waals surface area contributed by atoms with Crippen molar-refractivity contribution in [2.24, 2.45) is 0 Å². The molecule has 0 radical (unpaired) electrons. The molecule has 106 valence electrons. The Morgan fingerprint density at radius 3 is 2.43 bits per heavy atom. The van der Waals surface area contributed by atoms with E-state index in [0.29, 0.717) is 5.92 Å². The van der Waals surface area contributed by atoms with E-state index in [-0.39, 0.29) is 0 Å². The zero-order valence-corrected chi connectivity index (χ0v) is 13.0. The van der Waals surface area contributed by atoms with Crippen LogP contribution >= 0.6 is 11.8 Å². The summed E-state index contributed by atoms with van der Waals surface area (Å²) in [6, 6.07) is 18.6. The van der Waals surface area contributed by atoms with Gasteiger partial charge in [-0.05, 0) is 47.9 Å². The summed E-state index contributed by atoms with van der Waals surface area (Å²) in [5.41, 5.74) is 8.91. The molecule has 0 aliphatic heterocycles. The minimum atomic E-state index is 0.563. The second kappa shape index (κ2) is 5.78. The number of nitrogens with two attached hydrogens (primary N) is 1. The van der Waals surface area contributed by atoms with Gasteiger partial charge in [-0.1, -0.05) is 43.8 Å². The molecule has 0 saturated heterocycles. The Kier molecular flexibility index (Phi) is 3.84. The van der Waals surface area contributed by atoms with Gasteiger partial charge in [0.1, 0.15) is 5.03 Å². The third-order valence-corrected chi connectivity index (χ3v) is 4.40. The first kappa shape index (κ1) is 14.0. The standard InChI is InChI=1S/C18H18N2S/c1-12(2)13-3-7-16(8-4-13)21-18-10-5-14-11-15(19)6-9-17(14)20-18/h3-12H,19H2,1-2H3. The van der Waals surface area contributed by atoms with Crippen LogP contribution in [0.25, 0.3) is 10.9 Å². The van der Waals surface area contributed by atoms with E-state index in [1.54, 1.807) is 11.8 Å². The van der Waals surface area contributed by atoms with E-state index in [1.165, 1.54) is 10.5 Å². The summed E-state index contributed by atoms with van der Waals surface area (Å²) in [6.45, 7) is 4.41. The maximum absolute atomic E-state index is 5.79. The number of pyridine rings is 1. The van der Waals surface area contributed by atoms with E-state index in [1.807, 2.05) is 24.3 Å². The third-order valence-electron chi connectivity index (χ3n) is 3.46. The van der Waals surface area contributed by atoms with Crippen molar-refractivity contribution in [2.75, 3.05) is 5.73 Å². The maximum atomic E-state index is 5.79. The van der Waals surface area contributed by atoms with Gasteiger partial charge in [0, 0.05) is 16.0 Å². The number of aromatic nitrogens is 1. The van der Waals surface area contributed by atoms with Crippen molar-refractivity contribution in [3.05, 3.63) is 60.2 Å². The molecule has 0 bridgehead atoms. The van der Waals surface area contributed by atoms with Gasteiger partial charge >= 0.3 is 0 Å². The zero-order chi connectivity index (χ0) is 14.8. The number of benzene rings is 2. The van der Waals surface area contributed by atoms with E-state index < -0.39 is 0 Å². The Balaban J connectivity index is 1.85. The molecule has 0 saturated carbocycles. The highest BCUT2D eigenvalue weighted by Crippen LogP contribution is 2.29. The maximum Gasteiger partial charge on any atom is 0.101 e. The van der Waals surface area contributed by atoms with Crippen LogP contribution in [0, 0.1) is 0 Å². The molecule has 0 spiro atoms. The molecule has 3 rings (SSSR count). The van der Waals surface area contributed by atoms with Crippen molar-refractivity contribution < 1.29 is 0 Å². The third kappa shape index (κ3) is 3.19. The molecule has 3 aromatic rings. The highest BCUT2D eigenvalue weighted by molar-refractivity contribution is 7.99. The summed E-state index contributed by atoms with van der Waals surface area (Å²) >= 11 is 1.68. The highest BCUT2D eigenvalue weighted by Gasteiger charge is 2.03. The van der Waals surface area contributed by atoms with Gasteiger partial charge in [0.15, 0.2) is 0 Å². The van der Waals surface area contributed by atoms with Crippen molar-refractivity contribution in [3.8, 4) is 0 Å². The minimum absolute atomic E-state index is 0.563. The lowest BCUT2D eigenvalue weighted by molar-refractivity contribution is 0.865. The Morgan fingerprint density at radius 2 is 1.71 bits per heavy atom. The molecule has 0 amide bonds. The molecular weight excluding hydrogens is 276 g/mol. The fourth-order valence-electron chi connectivity index (χ4n) is 2.22. The molecular formula is C18H18N2S. The summed E-state index contributed by atoms with van der Waals surface area (Å²) < 4.78 is 0. The topological polar surface area (TPSA) is 38.9 Å². The van der Waals surface area contributed by atoms with E-state index in [9.17, 15) is 0 Å². The monoisotopic (exact) mass is 294 g/mol. The van der Waals surface area contributed by atoms with E-state index in [2.05, 4.69) is 49.2 Å². The van der Waals surface area contributed by atoms with Gasteiger partial charge in [0.25, 0.3) is 0 Å². The second-order valence-electron chi connectivity index (χ2n) is 5.43. The van der Waals surface area contributed by atoms with Crippen molar-refractivity contribution in [3.63, 3.8) is 0 Å². The molecule has 0 aliphatic carbocycles. The molecule has 3 heteroatoms. The lowest BCUT2D eigenvalue weighted by Gasteiger charge is -2.07. The van der Waals surface area contributed by atoms with Gasteiger partial charge in [-0.2, -0.15) is 0 Å². The average Bonchev–Trinajstić information content (AvgIpc) is 2.48. The lowest BCUT2D eigenvalue weighted by atomic mass is 10.0. The predicted molar refractivity (Wildman–Crippen MR) is 90.8 cm³/mol. The van der Waals surface area contributed by atoms with Gasteiger partial charge in [0.05, 0.1) is 5.52 Å². The number of nitrogen functional groups attached to an aromatic ring is 1. The quantitative estimate of drug-likeness (QED) is 0.684. The summed E-state index contributed by atoms with van der Waals surface area (Å²) in [5.74, 6) is 0.563. The van der Waals surface area contributed by atoms with Crippen LogP contribution in [0.2, 0.25) is 0 Å². The number of nitrogens with zero attached hydrogens (tertiary/aromatic N) is 1. The minimum Gasteiger partial charge on any atom is -0.399 e. The number of hydrogen-bond acceptors (Lipinski definition) is 3. The van der Waals surface area contributed by atoms with Gasteiger partial charge in [-0.25, -0.2) is 4.98 Å². The molecule has 0 unspecified atom stereocenters. The fraction of sp³-hybridized carbons (Fsp3) is 0.167. The first-order valence-corrected chi connectivity index (χ1v) is 7.87. The second-order valence-corrected chi connectivity index (χ2v) is 6.52. The molecule has 0 fully saturated rings. The lowest BCUT2D eigenvalue weighted by Crippen LogP contribution is -1.88. The van der Waals surface area contributed by atoms with Crippen LogP contribution in [0.4, 0.5) is 5.69 Å². The van der Waals surface area contributed by atoms with Crippen LogP contribution in [-0.4, -0.2) is 4.98 Å². The van der Waals surface area contributed by atoms with Crippen molar-refractivity contribution in [1.29, 1.82) is 0 Å². The number of hydrogen-bond donors (Lipinski definition) is 1. The normalized spacial score (nSPS) is 11.2. The summed E-state index contributed by atoms with van der Waals surface area (Å²) in [7, 11) is 0. The Morgan fingerprint density at radius 1 is 0.952 bits per heavy atom. The van der Waals surface area contributed by atoms with Gasteiger partial charge in [0.2, 0.25) is 0 Å². The first-order chi connectivity index (χ1) is 10.1.